The molecule has 0 saturated heterocycles. The number of carbonyl (C=O) groups is 1. The van der Waals surface area contributed by atoms with Gasteiger partial charge < -0.3 is 4.74 Å². The molecule has 0 aliphatic heterocycles. The predicted molar refractivity (Wildman–Crippen MR) is 127 cm³/mol. The van der Waals surface area contributed by atoms with Crippen LogP contribution in [0.5, 0.6) is 0 Å². The molecule has 0 unspecified atom stereocenters. The molecular weight excluding hydrogens is 487 g/mol. The van der Waals surface area contributed by atoms with Crippen molar-refractivity contribution in [2.45, 2.75) is 13.3 Å². The van der Waals surface area contributed by atoms with E-state index >= 15 is 0 Å². The van der Waals surface area contributed by atoms with Gasteiger partial charge in [0.1, 0.15) is 0 Å². The summed E-state index contributed by atoms with van der Waals surface area (Å²) in [6.45, 7) is 1.74. The van der Waals surface area contributed by atoms with Crippen molar-refractivity contribution in [3.8, 4) is 16.4 Å². The Kier molecular flexibility index (Phi) is 6.46. The Morgan fingerprint density at radius 1 is 1.21 bits per heavy atom. The Balaban J connectivity index is 1.80. The maximum atomic E-state index is 12.7. The topological polar surface area (TPSA) is 100 Å². The molecule has 0 radical (unpaired) electrons. The Hall–Kier alpha value is -3.27. The SMILES string of the molecule is COC(=O)c1c(Cc2ccccc2[N+](=O)[O-])c(C)nn1-c1nc(-c2ccc(Cl)c(Cl)c2)cs1. The van der Waals surface area contributed by atoms with Crippen molar-refractivity contribution >= 4 is 46.2 Å². The molecule has 4 rings (SSSR count). The van der Waals surface area contributed by atoms with E-state index in [2.05, 4.69) is 10.1 Å². The van der Waals surface area contributed by atoms with Gasteiger partial charge in [0.25, 0.3) is 5.69 Å². The van der Waals surface area contributed by atoms with E-state index in [1.54, 1.807) is 43.3 Å². The van der Waals surface area contributed by atoms with Crippen molar-refractivity contribution in [2.24, 2.45) is 0 Å². The first-order valence-electron chi connectivity index (χ1n) is 9.60. The van der Waals surface area contributed by atoms with E-state index in [0.717, 1.165) is 5.56 Å². The van der Waals surface area contributed by atoms with Crippen LogP contribution in [0.3, 0.4) is 0 Å². The summed E-state index contributed by atoms with van der Waals surface area (Å²) in [6.07, 6.45) is 0.137. The summed E-state index contributed by atoms with van der Waals surface area (Å²) in [6, 6.07) is 11.6. The number of ether oxygens (including phenoxy) is 1. The fourth-order valence-electron chi connectivity index (χ4n) is 3.39. The molecule has 4 aromatic rings. The summed E-state index contributed by atoms with van der Waals surface area (Å²) in [5, 5.41) is 19.0. The molecule has 0 amide bonds. The van der Waals surface area contributed by atoms with Crippen LogP contribution in [0.25, 0.3) is 16.4 Å². The van der Waals surface area contributed by atoms with Gasteiger partial charge in [0.05, 0.1) is 33.5 Å². The molecule has 11 heteroatoms. The molecule has 0 spiro atoms. The first kappa shape index (κ1) is 22.9. The molecular formula is C22H16Cl2N4O4S. The van der Waals surface area contributed by atoms with Crippen molar-refractivity contribution in [1.29, 1.82) is 0 Å². The average molecular weight is 503 g/mol. The lowest BCUT2D eigenvalue weighted by molar-refractivity contribution is -0.385. The minimum Gasteiger partial charge on any atom is -0.464 e. The van der Waals surface area contributed by atoms with Crippen LogP contribution in [0.15, 0.2) is 47.8 Å². The lowest BCUT2D eigenvalue weighted by Gasteiger charge is -2.07. The number of hydrogen-bond acceptors (Lipinski definition) is 7. The number of para-hydroxylation sites is 1. The van der Waals surface area contributed by atoms with Crippen molar-refractivity contribution in [3.05, 3.63) is 90.5 Å². The van der Waals surface area contributed by atoms with Crippen LogP contribution in [0.2, 0.25) is 10.0 Å². The summed E-state index contributed by atoms with van der Waals surface area (Å²) < 4.78 is 6.41. The molecule has 0 saturated carbocycles. The Morgan fingerprint density at radius 2 is 1.97 bits per heavy atom. The summed E-state index contributed by atoms with van der Waals surface area (Å²) in [5.41, 5.74) is 3.07. The van der Waals surface area contributed by atoms with Gasteiger partial charge in [-0.3, -0.25) is 10.1 Å². The van der Waals surface area contributed by atoms with Gasteiger partial charge in [-0.25, -0.2) is 9.78 Å². The fourth-order valence-corrected chi connectivity index (χ4v) is 4.48. The summed E-state index contributed by atoms with van der Waals surface area (Å²) in [4.78, 5) is 28.3. The number of methoxy groups -OCH3 is 1. The number of nitro benzene ring substituents is 1. The first-order chi connectivity index (χ1) is 15.8. The summed E-state index contributed by atoms with van der Waals surface area (Å²) in [5.74, 6) is -0.615. The van der Waals surface area contributed by atoms with Crippen LogP contribution in [0, 0.1) is 17.0 Å². The normalized spacial score (nSPS) is 10.9. The molecule has 2 aromatic carbocycles. The number of rotatable bonds is 6. The molecule has 0 aliphatic carbocycles. The number of hydrogen-bond donors (Lipinski definition) is 0. The highest BCUT2D eigenvalue weighted by Crippen LogP contribution is 2.32. The van der Waals surface area contributed by atoms with E-state index in [1.165, 1.54) is 29.2 Å². The minimum absolute atomic E-state index is 0.0309. The highest BCUT2D eigenvalue weighted by atomic mass is 35.5. The Bertz CT molecular complexity index is 1380. The molecule has 33 heavy (non-hydrogen) atoms. The summed E-state index contributed by atoms with van der Waals surface area (Å²) >= 11 is 13.4. The Morgan fingerprint density at radius 3 is 2.67 bits per heavy atom. The van der Waals surface area contributed by atoms with Gasteiger partial charge in [-0.1, -0.05) is 47.5 Å². The second kappa shape index (κ2) is 9.30. The molecule has 0 fully saturated rings. The lowest BCUT2D eigenvalue weighted by Crippen LogP contribution is -2.13. The summed E-state index contributed by atoms with van der Waals surface area (Å²) in [7, 11) is 1.27. The fraction of sp³-hybridized carbons (Fsp3) is 0.136. The van der Waals surface area contributed by atoms with Crippen LogP contribution in [0.1, 0.15) is 27.3 Å². The zero-order chi connectivity index (χ0) is 23.7. The zero-order valence-electron chi connectivity index (χ0n) is 17.4. The number of aryl methyl sites for hydroxylation is 1. The molecule has 0 bridgehead atoms. The second-order valence-corrected chi connectivity index (χ2v) is 8.67. The van der Waals surface area contributed by atoms with Gasteiger partial charge in [-0.2, -0.15) is 9.78 Å². The van der Waals surface area contributed by atoms with E-state index < -0.39 is 10.9 Å². The van der Waals surface area contributed by atoms with Crippen molar-refractivity contribution < 1.29 is 14.5 Å². The monoisotopic (exact) mass is 502 g/mol. The van der Waals surface area contributed by atoms with Crippen molar-refractivity contribution in [2.75, 3.05) is 7.11 Å². The third-order valence-electron chi connectivity index (χ3n) is 5.01. The number of thiazole rings is 1. The first-order valence-corrected chi connectivity index (χ1v) is 11.2. The van der Waals surface area contributed by atoms with Crippen LogP contribution < -0.4 is 0 Å². The molecule has 2 heterocycles. The number of halogens is 2. The zero-order valence-corrected chi connectivity index (χ0v) is 19.7. The van der Waals surface area contributed by atoms with E-state index in [0.29, 0.717) is 37.7 Å². The van der Waals surface area contributed by atoms with Gasteiger partial charge >= 0.3 is 5.97 Å². The van der Waals surface area contributed by atoms with Crippen LogP contribution in [-0.4, -0.2) is 32.8 Å². The number of nitro groups is 1. The molecule has 2 aromatic heterocycles. The second-order valence-electron chi connectivity index (χ2n) is 7.02. The highest BCUT2D eigenvalue weighted by Gasteiger charge is 2.27. The highest BCUT2D eigenvalue weighted by molar-refractivity contribution is 7.12. The molecule has 0 atom stereocenters. The molecule has 168 valence electrons. The van der Waals surface area contributed by atoms with Crippen molar-refractivity contribution in [1.82, 2.24) is 14.8 Å². The van der Waals surface area contributed by atoms with Crippen LogP contribution >= 0.6 is 34.5 Å². The van der Waals surface area contributed by atoms with Gasteiger partial charge in [0.15, 0.2) is 5.69 Å². The van der Waals surface area contributed by atoms with E-state index in [-0.39, 0.29) is 17.8 Å². The molecule has 0 aliphatic rings. The number of nitrogens with zero attached hydrogens (tertiary/aromatic N) is 4. The average Bonchev–Trinajstić information content (AvgIpc) is 3.41. The third kappa shape index (κ3) is 4.47. The Labute approximate surface area is 202 Å². The quantitative estimate of drug-likeness (QED) is 0.185. The third-order valence-corrected chi connectivity index (χ3v) is 6.56. The molecule has 8 nitrogen and oxygen atoms in total. The maximum absolute atomic E-state index is 12.7. The van der Waals surface area contributed by atoms with E-state index in [9.17, 15) is 14.9 Å². The number of benzene rings is 2. The van der Waals surface area contributed by atoms with Crippen LogP contribution in [-0.2, 0) is 11.2 Å². The lowest BCUT2D eigenvalue weighted by atomic mass is 10.0. The van der Waals surface area contributed by atoms with Gasteiger partial charge in [-0.05, 0) is 19.1 Å². The number of carbonyl (C=O) groups excluding carboxylic acids is 1. The van der Waals surface area contributed by atoms with Crippen LogP contribution in [0.4, 0.5) is 5.69 Å². The van der Waals surface area contributed by atoms with Gasteiger partial charge in [0, 0.05) is 34.6 Å². The predicted octanol–water partition coefficient (Wildman–Crippen LogP) is 5.90. The van der Waals surface area contributed by atoms with Crippen molar-refractivity contribution in [3.63, 3.8) is 0 Å². The molecule has 0 N–H and O–H groups in total. The smallest absolute Gasteiger partial charge is 0.357 e. The maximum Gasteiger partial charge on any atom is 0.357 e. The number of aromatic nitrogens is 3. The standard InChI is InChI=1S/C22H16Cl2N4O4S/c1-12-15(9-14-5-3-4-6-19(14)28(30)31)20(21(29)32-2)27(26-12)22-25-18(11-33-22)13-7-8-16(23)17(24)10-13/h3-8,10-11H,9H2,1-2H3. The minimum atomic E-state index is -0.615. The number of esters is 1. The van der Waals surface area contributed by atoms with Gasteiger partial charge in [-0.15, -0.1) is 11.3 Å². The van der Waals surface area contributed by atoms with E-state index in [4.69, 9.17) is 27.9 Å². The van der Waals surface area contributed by atoms with E-state index in [1.807, 2.05) is 5.38 Å². The largest absolute Gasteiger partial charge is 0.464 e. The van der Waals surface area contributed by atoms with Gasteiger partial charge in [0.2, 0.25) is 5.13 Å².